The number of nitrogens with zero attached hydrogens (tertiary/aromatic N) is 8. The first-order valence-corrected chi connectivity index (χ1v) is 4.26. The SMILES string of the molecule is N#Cc1c(C(=O)N=[N+]=[N-])oc(C(=O)N=[N+]=[N-])c1C#N. The zero-order valence-corrected chi connectivity index (χ0v) is 8.80. The standard InChI is InChI=1S/C8N8O3/c9-1-3-4(2-10)6(8(18)14-16-12)19-5(3)7(17)13-15-11. The summed E-state index contributed by atoms with van der Waals surface area (Å²) in [5.41, 5.74) is 15.1. The molecule has 0 fully saturated rings. The second-order valence-corrected chi connectivity index (χ2v) is 2.72. The summed E-state index contributed by atoms with van der Waals surface area (Å²) in [7, 11) is 0. The highest BCUT2D eigenvalue weighted by Gasteiger charge is 2.27. The molecule has 2 amide bonds. The van der Waals surface area contributed by atoms with Crippen molar-refractivity contribution >= 4 is 11.8 Å². The van der Waals surface area contributed by atoms with Crippen molar-refractivity contribution in [2.24, 2.45) is 10.2 Å². The summed E-state index contributed by atoms with van der Waals surface area (Å²) < 4.78 is 4.68. The lowest BCUT2D eigenvalue weighted by Gasteiger charge is -1.87. The number of carbonyl (C=O) groups is 2. The van der Waals surface area contributed by atoms with Crippen LogP contribution in [-0.4, -0.2) is 11.8 Å². The topological polar surface area (TPSA) is 192 Å². The molecule has 0 aromatic carbocycles. The van der Waals surface area contributed by atoms with E-state index in [1.807, 2.05) is 0 Å². The monoisotopic (exact) mass is 256 g/mol. The van der Waals surface area contributed by atoms with Gasteiger partial charge in [0.1, 0.15) is 23.3 Å². The molecule has 1 heterocycles. The molecule has 11 heteroatoms. The summed E-state index contributed by atoms with van der Waals surface area (Å²) in [5.74, 6) is -4.10. The van der Waals surface area contributed by atoms with Gasteiger partial charge in [-0.3, -0.25) is 9.59 Å². The molecule has 0 saturated heterocycles. The number of amides is 2. The van der Waals surface area contributed by atoms with Crippen molar-refractivity contribution in [1.29, 1.82) is 10.5 Å². The van der Waals surface area contributed by atoms with Crippen molar-refractivity contribution in [3.05, 3.63) is 43.5 Å². The molecule has 1 aromatic heterocycles. The fraction of sp³-hybridized carbons (Fsp3) is 0. The first-order valence-electron chi connectivity index (χ1n) is 4.26. The predicted octanol–water partition coefficient (Wildman–Crippen LogP) is 1.92. The van der Waals surface area contributed by atoms with Crippen LogP contribution >= 0.6 is 0 Å². The predicted molar refractivity (Wildman–Crippen MR) is 55.1 cm³/mol. The summed E-state index contributed by atoms with van der Waals surface area (Å²) in [5, 5.41) is 23.0. The highest BCUT2D eigenvalue weighted by molar-refractivity contribution is 6.00. The van der Waals surface area contributed by atoms with E-state index < -0.39 is 34.5 Å². The maximum absolute atomic E-state index is 11.3. The molecular formula is C8N8O3. The van der Waals surface area contributed by atoms with Gasteiger partial charge in [-0.2, -0.15) is 10.5 Å². The van der Waals surface area contributed by atoms with Gasteiger partial charge in [0.05, 0.1) is 0 Å². The Kier molecular flexibility index (Phi) is 3.86. The zero-order chi connectivity index (χ0) is 14.4. The van der Waals surface area contributed by atoms with E-state index in [1.54, 1.807) is 0 Å². The normalized spacial score (nSPS) is 8.32. The van der Waals surface area contributed by atoms with Crippen LogP contribution in [0.25, 0.3) is 20.9 Å². The van der Waals surface area contributed by atoms with E-state index in [-0.39, 0.29) is 0 Å². The molecular weight excluding hydrogens is 256 g/mol. The van der Waals surface area contributed by atoms with Crippen LogP contribution in [0.15, 0.2) is 14.6 Å². The molecule has 0 radical (unpaired) electrons. The molecule has 1 rings (SSSR count). The fourth-order valence-electron chi connectivity index (χ4n) is 1.12. The number of rotatable bonds is 2. The van der Waals surface area contributed by atoms with Crippen LogP contribution < -0.4 is 0 Å². The Morgan fingerprint density at radius 2 is 1.37 bits per heavy atom. The average Bonchev–Trinajstić information content (AvgIpc) is 2.77. The number of furan rings is 1. The Balaban J connectivity index is 3.63. The van der Waals surface area contributed by atoms with Gasteiger partial charge in [0.2, 0.25) is 0 Å². The molecule has 1 aromatic rings. The fourth-order valence-corrected chi connectivity index (χ4v) is 1.12. The minimum absolute atomic E-state index is 0.573. The van der Waals surface area contributed by atoms with Crippen LogP contribution in [0.3, 0.4) is 0 Å². The van der Waals surface area contributed by atoms with Crippen LogP contribution in [0.4, 0.5) is 0 Å². The maximum Gasteiger partial charge on any atom is 0.285 e. The maximum atomic E-state index is 11.3. The van der Waals surface area contributed by atoms with E-state index in [1.165, 1.54) is 12.1 Å². The molecule has 0 atom stereocenters. The molecule has 0 saturated carbocycles. The molecule has 0 aliphatic heterocycles. The Bertz CT molecular complexity index is 686. The Hall–Kier alpha value is -3.78. The Morgan fingerprint density at radius 1 is 1.00 bits per heavy atom. The third kappa shape index (κ3) is 2.33. The van der Waals surface area contributed by atoms with Gasteiger partial charge in [0.15, 0.2) is 11.5 Å². The molecule has 11 nitrogen and oxygen atoms in total. The van der Waals surface area contributed by atoms with Crippen LogP contribution in [0.1, 0.15) is 32.2 Å². The van der Waals surface area contributed by atoms with Crippen molar-refractivity contribution in [1.82, 2.24) is 0 Å². The summed E-state index contributed by atoms with van der Waals surface area (Å²) in [6, 6.07) is 2.93. The van der Waals surface area contributed by atoms with Crippen LogP contribution in [0, 0.1) is 22.7 Å². The molecule has 0 aliphatic rings. The van der Waals surface area contributed by atoms with Crippen molar-refractivity contribution in [2.45, 2.75) is 0 Å². The number of hydrogen-bond acceptors (Lipinski definition) is 5. The molecule has 90 valence electrons. The zero-order valence-electron chi connectivity index (χ0n) is 8.80. The minimum Gasteiger partial charge on any atom is -0.447 e. The molecule has 0 N–H and O–H groups in total. The lowest BCUT2D eigenvalue weighted by atomic mass is 10.1. The number of nitriles is 2. The molecule has 0 spiro atoms. The molecule has 0 aliphatic carbocycles. The Morgan fingerprint density at radius 3 is 1.63 bits per heavy atom. The average molecular weight is 256 g/mol. The van der Waals surface area contributed by atoms with E-state index in [2.05, 4.69) is 24.5 Å². The summed E-state index contributed by atoms with van der Waals surface area (Å²) in [6.45, 7) is 0. The third-order valence-corrected chi connectivity index (χ3v) is 1.79. The van der Waals surface area contributed by atoms with Crippen molar-refractivity contribution in [3.8, 4) is 12.1 Å². The second-order valence-electron chi connectivity index (χ2n) is 2.72. The number of hydrogen-bond donors (Lipinski definition) is 0. The smallest absolute Gasteiger partial charge is 0.285 e. The van der Waals surface area contributed by atoms with Gasteiger partial charge in [-0.25, -0.2) is 0 Å². The molecule has 19 heavy (non-hydrogen) atoms. The van der Waals surface area contributed by atoms with Crippen molar-refractivity contribution in [2.75, 3.05) is 0 Å². The number of azide groups is 2. The molecule has 0 unspecified atom stereocenters. The van der Waals surface area contributed by atoms with Crippen LogP contribution in [-0.2, 0) is 0 Å². The Labute approximate surface area is 103 Å². The first-order chi connectivity index (χ1) is 9.10. The van der Waals surface area contributed by atoms with Crippen LogP contribution in [0.2, 0.25) is 0 Å². The third-order valence-electron chi connectivity index (χ3n) is 1.79. The van der Waals surface area contributed by atoms with Gasteiger partial charge in [-0.15, -0.1) is 0 Å². The van der Waals surface area contributed by atoms with E-state index in [0.29, 0.717) is 0 Å². The van der Waals surface area contributed by atoms with E-state index in [9.17, 15) is 9.59 Å². The summed E-state index contributed by atoms with van der Waals surface area (Å²) in [6.07, 6.45) is 0. The van der Waals surface area contributed by atoms with Crippen molar-refractivity contribution in [3.63, 3.8) is 0 Å². The van der Waals surface area contributed by atoms with Gasteiger partial charge in [0.25, 0.3) is 11.8 Å². The largest absolute Gasteiger partial charge is 0.447 e. The van der Waals surface area contributed by atoms with E-state index >= 15 is 0 Å². The van der Waals surface area contributed by atoms with Gasteiger partial charge >= 0.3 is 0 Å². The van der Waals surface area contributed by atoms with Gasteiger partial charge in [-0.05, 0) is 21.3 Å². The lowest BCUT2D eigenvalue weighted by molar-refractivity contribution is 0.0950. The first kappa shape index (κ1) is 13.3. The van der Waals surface area contributed by atoms with Gasteiger partial charge < -0.3 is 4.42 Å². The van der Waals surface area contributed by atoms with Crippen LogP contribution in [0.5, 0.6) is 0 Å². The minimum atomic E-state index is -1.28. The van der Waals surface area contributed by atoms with Gasteiger partial charge in [0, 0.05) is 9.82 Å². The molecule has 0 bridgehead atoms. The van der Waals surface area contributed by atoms with Crippen molar-refractivity contribution < 1.29 is 14.0 Å². The quantitative estimate of drug-likeness (QED) is 0.442. The van der Waals surface area contributed by atoms with E-state index in [4.69, 9.17) is 21.6 Å². The summed E-state index contributed by atoms with van der Waals surface area (Å²) >= 11 is 0. The summed E-state index contributed by atoms with van der Waals surface area (Å²) in [4.78, 5) is 27.0. The second kappa shape index (κ2) is 5.52. The van der Waals surface area contributed by atoms with Gasteiger partial charge in [-0.1, -0.05) is 0 Å². The lowest BCUT2D eigenvalue weighted by Crippen LogP contribution is -1.94. The highest BCUT2D eigenvalue weighted by atomic mass is 16.4. The van der Waals surface area contributed by atoms with E-state index in [0.717, 1.165) is 0 Å². The number of carbonyl (C=O) groups excluding carboxylic acids is 2. The highest BCUT2D eigenvalue weighted by Crippen LogP contribution is 2.23.